The summed E-state index contributed by atoms with van der Waals surface area (Å²) in [5.74, 6) is -0.851. The summed E-state index contributed by atoms with van der Waals surface area (Å²) in [6.45, 7) is 8.61. The van der Waals surface area contributed by atoms with Gasteiger partial charge in [-0.05, 0) is 26.3 Å². The molecule has 0 saturated heterocycles. The van der Waals surface area contributed by atoms with Gasteiger partial charge in [0.2, 0.25) is 5.91 Å². The number of nitrogens with one attached hydrogen (secondary N) is 1. The molecule has 0 radical (unpaired) electrons. The minimum Gasteiger partial charge on any atom is -0.460 e. The van der Waals surface area contributed by atoms with E-state index in [1.165, 1.54) is 0 Å². The van der Waals surface area contributed by atoms with Crippen molar-refractivity contribution in [2.45, 2.75) is 53.1 Å². The van der Waals surface area contributed by atoms with Gasteiger partial charge in [-0.3, -0.25) is 14.4 Å². The van der Waals surface area contributed by atoms with Gasteiger partial charge in [0.1, 0.15) is 5.60 Å². The van der Waals surface area contributed by atoms with Crippen LogP contribution in [0.4, 0.5) is 0 Å². The molecule has 1 N–H and O–H groups in total. The summed E-state index contributed by atoms with van der Waals surface area (Å²) in [6.07, 6.45) is 0.233. The molecule has 0 aliphatic rings. The van der Waals surface area contributed by atoms with Gasteiger partial charge in [-0.2, -0.15) is 0 Å². The van der Waals surface area contributed by atoms with E-state index in [4.69, 9.17) is 4.74 Å². The summed E-state index contributed by atoms with van der Waals surface area (Å²) in [7, 11) is 0. The summed E-state index contributed by atoms with van der Waals surface area (Å²) in [5, 5.41) is 2.61. The van der Waals surface area contributed by atoms with Gasteiger partial charge < -0.3 is 10.1 Å². The standard InChI is InChI=1S/C19H27NO4/c1-18(2,3)24-16(22)12-19(4,5)17(23)20-13-15(21)11-14-9-7-6-8-10-14/h6-10H,11-13H2,1-5H3,(H,20,23). The summed E-state index contributed by atoms with van der Waals surface area (Å²) in [5.41, 5.74) is -0.616. The highest BCUT2D eigenvalue weighted by atomic mass is 16.6. The molecule has 0 heterocycles. The first-order chi connectivity index (χ1) is 11.0. The molecule has 0 aliphatic heterocycles. The number of amides is 1. The molecule has 0 atom stereocenters. The second-order valence-corrected chi connectivity index (χ2v) is 7.53. The first-order valence-electron chi connectivity index (χ1n) is 8.05. The van der Waals surface area contributed by atoms with E-state index in [0.717, 1.165) is 5.56 Å². The highest BCUT2D eigenvalue weighted by Crippen LogP contribution is 2.23. The number of ether oxygens (including phenoxy) is 1. The van der Waals surface area contributed by atoms with Crippen LogP contribution in [0.15, 0.2) is 30.3 Å². The number of hydrogen-bond donors (Lipinski definition) is 1. The Balaban J connectivity index is 2.47. The van der Waals surface area contributed by atoms with Gasteiger partial charge in [-0.15, -0.1) is 0 Å². The van der Waals surface area contributed by atoms with E-state index >= 15 is 0 Å². The fourth-order valence-corrected chi connectivity index (χ4v) is 2.12. The quantitative estimate of drug-likeness (QED) is 0.779. The zero-order valence-electron chi connectivity index (χ0n) is 15.1. The van der Waals surface area contributed by atoms with Crippen LogP contribution < -0.4 is 5.32 Å². The van der Waals surface area contributed by atoms with E-state index in [0.29, 0.717) is 0 Å². The van der Waals surface area contributed by atoms with Crippen LogP contribution in [-0.2, 0) is 25.5 Å². The summed E-state index contributed by atoms with van der Waals surface area (Å²) in [4.78, 5) is 36.1. The average Bonchev–Trinajstić information content (AvgIpc) is 2.43. The van der Waals surface area contributed by atoms with E-state index in [1.54, 1.807) is 34.6 Å². The zero-order valence-corrected chi connectivity index (χ0v) is 15.1. The highest BCUT2D eigenvalue weighted by Gasteiger charge is 2.32. The van der Waals surface area contributed by atoms with Crippen LogP contribution in [0, 0.1) is 5.41 Å². The van der Waals surface area contributed by atoms with Gasteiger partial charge in [0.05, 0.1) is 18.4 Å². The number of carbonyl (C=O) groups excluding carboxylic acids is 3. The zero-order chi connectivity index (χ0) is 18.4. The molecule has 132 valence electrons. The molecule has 24 heavy (non-hydrogen) atoms. The summed E-state index contributed by atoms with van der Waals surface area (Å²) in [6, 6.07) is 9.35. The van der Waals surface area contributed by atoms with Crippen molar-refractivity contribution in [1.82, 2.24) is 5.32 Å². The molecular weight excluding hydrogens is 306 g/mol. The maximum Gasteiger partial charge on any atom is 0.307 e. The van der Waals surface area contributed by atoms with Crippen LogP contribution >= 0.6 is 0 Å². The van der Waals surface area contributed by atoms with Crippen molar-refractivity contribution in [3.05, 3.63) is 35.9 Å². The lowest BCUT2D eigenvalue weighted by Gasteiger charge is -2.25. The average molecular weight is 333 g/mol. The number of rotatable bonds is 7. The van der Waals surface area contributed by atoms with Crippen LogP contribution in [0.3, 0.4) is 0 Å². The molecule has 0 bridgehead atoms. The van der Waals surface area contributed by atoms with Crippen molar-refractivity contribution in [3.8, 4) is 0 Å². The van der Waals surface area contributed by atoms with Crippen LogP contribution in [0.25, 0.3) is 0 Å². The lowest BCUT2D eigenvalue weighted by atomic mass is 9.88. The van der Waals surface area contributed by atoms with E-state index in [9.17, 15) is 14.4 Å². The predicted octanol–water partition coefficient (Wildman–Crippen LogP) is 2.67. The number of benzene rings is 1. The molecule has 0 saturated carbocycles. The Bertz CT molecular complexity index is 585. The van der Waals surface area contributed by atoms with Crippen molar-refractivity contribution in [1.29, 1.82) is 0 Å². The third kappa shape index (κ3) is 7.40. The van der Waals surface area contributed by atoms with Crippen LogP contribution in [0.5, 0.6) is 0 Å². The maximum atomic E-state index is 12.3. The Hall–Kier alpha value is -2.17. The number of carbonyl (C=O) groups is 3. The van der Waals surface area contributed by atoms with Crippen molar-refractivity contribution in [2.75, 3.05) is 6.54 Å². The van der Waals surface area contributed by atoms with E-state index in [2.05, 4.69) is 5.32 Å². The molecule has 0 aliphatic carbocycles. The second kappa shape index (κ2) is 8.08. The van der Waals surface area contributed by atoms with Crippen LogP contribution in [0.2, 0.25) is 0 Å². The van der Waals surface area contributed by atoms with Crippen LogP contribution in [0.1, 0.15) is 46.6 Å². The Morgan fingerprint density at radius 2 is 1.58 bits per heavy atom. The predicted molar refractivity (Wildman–Crippen MR) is 92.4 cm³/mol. The molecule has 0 spiro atoms. The Morgan fingerprint density at radius 3 is 2.12 bits per heavy atom. The SMILES string of the molecule is CC(C)(C)OC(=O)CC(C)(C)C(=O)NCC(=O)Cc1ccccc1. The maximum absolute atomic E-state index is 12.3. The van der Waals surface area contributed by atoms with Crippen molar-refractivity contribution >= 4 is 17.7 Å². The Labute approximate surface area is 143 Å². The van der Waals surface area contributed by atoms with Gasteiger partial charge in [0.25, 0.3) is 0 Å². The third-order valence-electron chi connectivity index (χ3n) is 3.31. The normalized spacial score (nSPS) is 11.7. The van der Waals surface area contributed by atoms with Gasteiger partial charge in [-0.1, -0.05) is 44.2 Å². The lowest BCUT2D eigenvalue weighted by molar-refractivity contribution is -0.159. The number of ketones is 1. The minimum absolute atomic E-state index is 0.0387. The third-order valence-corrected chi connectivity index (χ3v) is 3.31. The van der Waals surface area contributed by atoms with Gasteiger partial charge in [0, 0.05) is 6.42 Å². The molecule has 5 nitrogen and oxygen atoms in total. The number of esters is 1. The Kier molecular flexibility index (Phi) is 6.70. The molecule has 0 fully saturated rings. The second-order valence-electron chi connectivity index (χ2n) is 7.53. The van der Waals surface area contributed by atoms with Gasteiger partial charge in [-0.25, -0.2) is 0 Å². The van der Waals surface area contributed by atoms with Gasteiger partial charge >= 0.3 is 5.97 Å². The molecule has 5 heteroatoms. The van der Waals surface area contributed by atoms with Crippen LogP contribution in [-0.4, -0.2) is 29.8 Å². The highest BCUT2D eigenvalue weighted by molar-refractivity contribution is 5.91. The molecule has 1 aromatic rings. The molecule has 0 aromatic heterocycles. The van der Waals surface area contributed by atoms with E-state index < -0.39 is 17.0 Å². The van der Waals surface area contributed by atoms with Gasteiger partial charge in [0.15, 0.2) is 5.78 Å². The molecule has 0 unspecified atom stereocenters. The van der Waals surface area contributed by atoms with E-state index in [1.807, 2.05) is 30.3 Å². The topological polar surface area (TPSA) is 72.5 Å². The fourth-order valence-electron chi connectivity index (χ4n) is 2.12. The minimum atomic E-state index is -0.935. The molecule has 1 aromatic carbocycles. The van der Waals surface area contributed by atoms with Crippen molar-refractivity contribution in [2.24, 2.45) is 5.41 Å². The lowest BCUT2D eigenvalue weighted by Crippen LogP contribution is -2.41. The molecule has 1 amide bonds. The number of hydrogen-bond acceptors (Lipinski definition) is 4. The Morgan fingerprint density at radius 1 is 1.00 bits per heavy atom. The molecule has 1 rings (SSSR count). The summed E-state index contributed by atoms with van der Waals surface area (Å²) < 4.78 is 5.24. The summed E-state index contributed by atoms with van der Waals surface area (Å²) >= 11 is 0. The first kappa shape index (κ1) is 19.9. The van der Waals surface area contributed by atoms with E-state index in [-0.39, 0.29) is 31.1 Å². The van der Waals surface area contributed by atoms with Crippen molar-refractivity contribution < 1.29 is 19.1 Å². The fraction of sp³-hybridized carbons (Fsp3) is 0.526. The van der Waals surface area contributed by atoms with Crippen molar-refractivity contribution in [3.63, 3.8) is 0 Å². The smallest absolute Gasteiger partial charge is 0.307 e. The monoisotopic (exact) mass is 333 g/mol. The largest absolute Gasteiger partial charge is 0.460 e. The molecular formula is C19H27NO4. The number of Topliss-reactive ketones (excluding diaryl/α,β-unsaturated/α-hetero) is 1. The first-order valence-corrected chi connectivity index (χ1v) is 8.05.